The number of aliphatic hydroxyl groups excluding tert-OH is 2. The summed E-state index contributed by atoms with van der Waals surface area (Å²) in [6.45, 7) is 0.324. The van der Waals surface area contributed by atoms with Crippen LogP contribution in [0.1, 0.15) is 77.0 Å². The molecule has 0 aliphatic carbocycles. The number of carbonyl (C=O) groups is 1. The molecule has 124 valence electrons. The highest BCUT2D eigenvalue weighted by atomic mass is 16.5. The van der Waals surface area contributed by atoms with Crippen molar-refractivity contribution in [3.8, 4) is 0 Å². The Morgan fingerprint density at radius 1 is 0.857 bits per heavy atom. The van der Waals surface area contributed by atoms with E-state index in [2.05, 4.69) is 4.74 Å². The Bertz CT molecular complexity index is 274. The number of methoxy groups -OCH3 is 1. The van der Waals surface area contributed by atoms with Crippen molar-refractivity contribution in [3.05, 3.63) is 11.8 Å². The summed E-state index contributed by atoms with van der Waals surface area (Å²) in [5.41, 5.74) is 0. The molecule has 0 unspecified atom stereocenters. The van der Waals surface area contributed by atoms with Crippen LogP contribution >= 0.6 is 0 Å². The predicted molar refractivity (Wildman–Crippen MR) is 85.2 cm³/mol. The number of rotatable bonds is 14. The fourth-order valence-corrected chi connectivity index (χ4v) is 2.28. The van der Waals surface area contributed by atoms with Crippen LogP contribution in [-0.4, -0.2) is 29.9 Å². The fourth-order valence-electron chi connectivity index (χ4n) is 2.28. The third-order valence-corrected chi connectivity index (χ3v) is 3.58. The number of aliphatic hydroxyl groups is 2. The summed E-state index contributed by atoms with van der Waals surface area (Å²) in [6.07, 6.45) is 14.7. The van der Waals surface area contributed by atoms with Gasteiger partial charge in [-0.25, -0.2) is 4.79 Å². The zero-order valence-corrected chi connectivity index (χ0v) is 13.5. The smallest absolute Gasteiger partial charge is 0.333 e. The maximum Gasteiger partial charge on any atom is 0.333 e. The van der Waals surface area contributed by atoms with Crippen LogP contribution < -0.4 is 0 Å². The van der Waals surface area contributed by atoms with Crippen molar-refractivity contribution in [2.75, 3.05) is 13.7 Å². The number of hydrogen-bond donors (Lipinski definition) is 2. The van der Waals surface area contributed by atoms with Crippen LogP contribution in [0, 0.1) is 0 Å². The van der Waals surface area contributed by atoms with Crippen LogP contribution in [0.25, 0.3) is 0 Å². The molecule has 0 bridgehead atoms. The third-order valence-electron chi connectivity index (χ3n) is 3.58. The molecular formula is C17H32O4. The Morgan fingerprint density at radius 3 is 1.71 bits per heavy atom. The second kappa shape index (κ2) is 15.4. The Kier molecular flexibility index (Phi) is 14.6. The lowest BCUT2D eigenvalue weighted by Gasteiger charge is -2.03. The first-order valence-electron chi connectivity index (χ1n) is 8.29. The van der Waals surface area contributed by atoms with E-state index in [-0.39, 0.29) is 5.76 Å². The van der Waals surface area contributed by atoms with Crippen LogP contribution in [0.3, 0.4) is 0 Å². The highest BCUT2D eigenvalue weighted by molar-refractivity contribution is 5.82. The van der Waals surface area contributed by atoms with E-state index in [1.165, 1.54) is 52.1 Å². The van der Waals surface area contributed by atoms with Gasteiger partial charge in [0, 0.05) is 13.0 Å². The van der Waals surface area contributed by atoms with Gasteiger partial charge in [0.2, 0.25) is 0 Å². The molecule has 0 amide bonds. The molecule has 0 spiro atoms. The van der Waals surface area contributed by atoms with E-state index < -0.39 is 5.97 Å². The van der Waals surface area contributed by atoms with Gasteiger partial charge in [0.15, 0.2) is 0 Å². The van der Waals surface area contributed by atoms with Gasteiger partial charge in [-0.2, -0.15) is 0 Å². The second-order valence-electron chi connectivity index (χ2n) is 5.52. The van der Waals surface area contributed by atoms with E-state index in [1.54, 1.807) is 0 Å². The van der Waals surface area contributed by atoms with Gasteiger partial charge in [0.25, 0.3) is 0 Å². The van der Waals surface area contributed by atoms with Gasteiger partial charge in [-0.1, -0.05) is 57.8 Å². The minimum absolute atomic E-state index is 0.115. The van der Waals surface area contributed by atoms with Crippen molar-refractivity contribution in [3.63, 3.8) is 0 Å². The zero-order chi connectivity index (χ0) is 15.8. The number of unbranched alkanes of at least 4 members (excludes halogenated alkanes) is 10. The minimum Gasteiger partial charge on any atom is -0.512 e. The molecule has 4 nitrogen and oxygen atoms in total. The molecule has 0 aliphatic rings. The standard InChI is InChI=1S/C17H32O4/c1-21-17(20)15-16(19)13-11-9-7-5-3-2-4-6-8-10-12-14-18/h15,18-19H,2-14H2,1H3. The van der Waals surface area contributed by atoms with E-state index in [0.717, 1.165) is 31.8 Å². The molecule has 21 heavy (non-hydrogen) atoms. The fraction of sp³-hybridized carbons (Fsp3) is 0.824. The lowest BCUT2D eigenvalue weighted by Crippen LogP contribution is -1.97. The molecule has 0 heterocycles. The first-order valence-corrected chi connectivity index (χ1v) is 8.29. The summed E-state index contributed by atoms with van der Waals surface area (Å²) in [5.74, 6) is -0.379. The van der Waals surface area contributed by atoms with Gasteiger partial charge in [0.1, 0.15) is 0 Å². The Balaban J connectivity index is 3.22. The molecule has 2 N–H and O–H groups in total. The van der Waals surface area contributed by atoms with Crippen molar-refractivity contribution < 1.29 is 19.7 Å². The quantitative estimate of drug-likeness (QED) is 0.217. The van der Waals surface area contributed by atoms with Gasteiger partial charge in [-0.15, -0.1) is 0 Å². The van der Waals surface area contributed by atoms with Crippen LogP contribution in [0.2, 0.25) is 0 Å². The van der Waals surface area contributed by atoms with Gasteiger partial charge < -0.3 is 14.9 Å². The Labute approximate surface area is 129 Å². The van der Waals surface area contributed by atoms with E-state index in [0.29, 0.717) is 13.0 Å². The molecule has 0 fully saturated rings. The Morgan fingerprint density at radius 2 is 1.29 bits per heavy atom. The minimum atomic E-state index is -0.494. The average Bonchev–Trinajstić information content (AvgIpc) is 2.48. The van der Waals surface area contributed by atoms with Crippen molar-refractivity contribution in [2.45, 2.75) is 77.0 Å². The molecule has 0 saturated heterocycles. The molecule has 0 aromatic carbocycles. The normalized spacial score (nSPS) is 11.6. The molecule has 0 rings (SSSR count). The maximum atomic E-state index is 10.9. The van der Waals surface area contributed by atoms with Crippen LogP contribution in [0.15, 0.2) is 11.8 Å². The van der Waals surface area contributed by atoms with Crippen molar-refractivity contribution in [2.24, 2.45) is 0 Å². The van der Waals surface area contributed by atoms with E-state index >= 15 is 0 Å². The second-order valence-corrected chi connectivity index (χ2v) is 5.52. The lowest BCUT2D eigenvalue weighted by atomic mass is 10.0. The Hall–Kier alpha value is -1.03. The summed E-state index contributed by atoms with van der Waals surface area (Å²) in [7, 11) is 1.30. The molecule has 0 aliphatic heterocycles. The number of carbonyl (C=O) groups excluding carboxylic acids is 1. The van der Waals surface area contributed by atoms with E-state index in [1.807, 2.05) is 0 Å². The molecular weight excluding hydrogens is 268 g/mol. The first-order chi connectivity index (χ1) is 10.2. The summed E-state index contributed by atoms with van der Waals surface area (Å²) in [4.78, 5) is 10.9. The largest absolute Gasteiger partial charge is 0.512 e. The first kappa shape index (κ1) is 20.0. The molecule has 0 saturated carbocycles. The topological polar surface area (TPSA) is 66.8 Å². The zero-order valence-electron chi connectivity index (χ0n) is 13.5. The summed E-state index contributed by atoms with van der Waals surface area (Å²) < 4.78 is 4.45. The molecule has 0 aromatic heterocycles. The molecule has 0 atom stereocenters. The SMILES string of the molecule is COC(=O)C=C(O)CCCCCCCCCCCCCO. The summed E-state index contributed by atoms with van der Waals surface area (Å²) in [5, 5.41) is 18.1. The van der Waals surface area contributed by atoms with Gasteiger partial charge in [-0.3, -0.25) is 0 Å². The van der Waals surface area contributed by atoms with Gasteiger partial charge in [0.05, 0.1) is 18.9 Å². The van der Waals surface area contributed by atoms with E-state index in [4.69, 9.17) is 5.11 Å². The van der Waals surface area contributed by atoms with Crippen molar-refractivity contribution in [1.82, 2.24) is 0 Å². The highest BCUT2D eigenvalue weighted by Crippen LogP contribution is 2.13. The number of allylic oxidation sites excluding steroid dienone is 1. The van der Waals surface area contributed by atoms with Gasteiger partial charge in [-0.05, 0) is 12.8 Å². The predicted octanol–water partition coefficient (Wildman–Crippen LogP) is 4.27. The maximum absolute atomic E-state index is 10.9. The number of hydrogen-bond acceptors (Lipinski definition) is 4. The molecule has 0 aromatic rings. The summed E-state index contributed by atoms with van der Waals surface area (Å²) in [6, 6.07) is 0. The lowest BCUT2D eigenvalue weighted by molar-refractivity contribution is -0.135. The van der Waals surface area contributed by atoms with E-state index in [9.17, 15) is 9.90 Å². The number of esters is 1. The average molecular weight is 300 g/mol. The van der Waals surface area contributed by atoms with Crippen molar-refractivity contribution >= 4 is 5.97 Å². The monoisotopic (exact) mass is 300 g/mol. The van der Waals surface area contributed by atoms with Gasteiger partial charge >= 0.3 is 5.97 Å². The number of ether oxygens (including phenoxy) is 1. The third kappa shape index (κ3) is 15.2. The van der Waals surface area contributed by atoms with Crippen LogP contribution in [0.5, 0.6) is 0 Å². The van der Waals surface area contributed by atoms with Crippen molar-refractivity contribution in [1.29, 1.82) is 0 Å². The van der Waals surface area contributed by atoms with Crippen LogP contribution in [-0.2, 0) is 9.53 Å². The highest BCUT2D eigenvalue weighted by Gasteiger charge is 1.99. The van der Waals surface area contributed by atoms with Crippen LogP contribution in [0.4, 0.5) is 0 Å². The summed E-state index contributed by atoms with van der Waals surface area (Å²) >= 11 is 0. The molecule has 0 radical (unpaired) electrons. The molecule has 4 heteroatoms.